The predicted molar refractivity (Wildman–Crippen MR) is 116 cm³/mol. The van der Waals surface area contributed by atoms with E-state index in [2.05, 4.69) is 14.9 Å². The third kappa shape index (κ3) is 4.96. The Morgan fingerprint density at radius 1 is 1.13 bits per heavy atom. The van der Waals surface area contributed by atoms with E-state index in [4.69, 9.17) is 0 Å². The van der Waals surface area contributed by atoms with E-state index in [0.29, 0.717) is 18.5 Å². The first kappa shape index (κ1) is 20.8. The molecule has 2 aliphatic heterocycles. The van der Waals surface area contributed by atoms with Crippen molar-refractivity contribution in [1.29, 1.82) is 0 Å². The van der Waals surface area contributed by atoms with Crippen LogP contribution < -0.4 is 4.90 Å². The topological polar surface area (TPSA) is 72.8 Å². The van der Waals surface area contributed by atoms with Gasteiger partial charge in [0.15, 0.2) is 0 Å². The number of amides is 1. The van der Waals surface area contributed by atoms with E-state index in [-0.39, 0.29) is 12.5 Å². The molecule has 0 aliphatic carbocycles. The van der Waals surface area contributed by atoms with Crippen LogP contribution in [0.1, 0.15) is 41.6 Å². The molecule has 7 nitrogen and oxygen atoms in total. The summed E-state index contributed by atoms with van der Waals surface area (Å²) in [5.74, 6) is 0.700. The van der Waals surface area contributed by atoms with E-state index in [1.165, 1.54) is 18.4 Å². The maximum absolute atomic E-state index is 12.9. The monoisotopic (exact) mass is 409 g/mol. The molecular weight excluding hydrogens is 378 g/mol. The molecule has 30 heavy (non-hydrogen) atoms. The van der Waals surface area contributed by atoms with Gasteiger partial charge in [0.25, 0.3) is 5.91 Å². The van der Waals surface area contributed by atoms with Crippen molar-refractivity contribution < 1.29 is 9.90 Å². The molecule has 1 amide bonds. The fraction of sp³-hybridized carbons (Fsp3) is 0.522. The Morgan fingerprint density at radius 2 is 1.90 bits per heavy atom. The lowest BCUT2D eigenvalue weighted by Crippen LogP contribution is -2.54. The van der Waals surface area contributed by atoms with Gasteiger partial charge in [-0.25, -0.2) is 4.98 Å². The van der Waals surface area contributed by atoms with Crippen molar-refractivity contribution in [3.05, 3.63) is 54.0 Å². The van der Waals surface area contributed by atoms with E-state index in [1.807, 2.05) is 29.2 Å². The summed E-state index contributed by atoms with van der Waals surface area (Å²) in [6, 6.07) is 7.90. The summed E-state index contributed by atoms with van der Waals surface area (Å²) in [4.78, 5) is 27.5. The molecule has 0 unspecified atom stereocenters. The minimum absolute atomic E-state index is 0.0622. The number of benzene rings is 1. The minimum atomic E-state index is -0.962. The number of carbonyl (C=O) groups excluding carboxylic acids is 1. The van der Waals surface area contributed by atoms with Gasteiger partial charge in [-0.1, -0.05) is 12.1 Å². The second kappa shape index (κ2) is 9.10. The molecule has 160 valence electrons. The number of piperidine rings is 1. The molecule has 1 aromatic carbocycles. The number of rotatable bonds is 6. The lowest BCUT2D eigenvalue weighted by Gasteiger charge is -2.41. The summed E-state index contributed by atoms with van der Waals surface area (Å²) in [5, 5.41) is 11.2. The van der Waals surface area contributed by atoms with E-state index in [0.717, 1.165) is 38.4 Å². The van der Waals surface area contributed by atoms with Crippen LogP contribution in [0.5, 0.6) is 0 Å². The normalized spacial score (nSPS) is 22.3. The Morgan fingerprint density at radius 3 is 2.60 bits per heavy atom. The van der Waals surface area contributed by atoms with Gasteiger partial charge in [0.2, 0.25) is 0 Å². The highest BCUT2D eigenvalue weighted by atomic mass is 16.3. The Balaban J connectivity index is 1.36. The minimum Gasteiger partial charge on any atom is -0.386 e. The fourth-order valence-corrected chi connectivity index (χ4v) is 4.58. The molecule has 1 N–H and O–H groups in total. The molecule has 1 atom stereocenters. The lowest BCUT2D eigenvalue weighted by atomic mass is 9.92. The van der Waals surface area contributed by atoms with Crippen LogP contribution in [0.4, 0.5) is 5.82 Å². The zero-order chi connectivity index (χ0) is 21.0. The van der Waals surface area contributed by atoms with Gasteiger partial charge in [-0.15, -0.1) is 0 Å². The van der Waals surface area contributed by atoms with Gasteiger partial charge in [-0.3, -0.25) is 14.7 Å². The first-order valence-corrected chi connectivity index (χ1v) is 10.8. The number of β-amino-alcohol motifs (C(OH)–C–C–N with tert-alkyl or cyclic N) is 1. The van der Waals surface area contributed by atoms with Crippen molar-refractivity contribution >= 4 is 11.7 Å². The van der Waals surface area contributed by atoms with Crippen molar-refractivity contribution in [2.24, 2.45) is 0 Å². The van der Waals surface area contributed by atoms with Crippen LogP contribution in [0.2, 0.25) is 0 Å². The Labute approximate surface area is 178 Å². The first-order valence-electron chi connectivity index (χ1n) is 10.8. The van der Waals surface area contributed by atoms with Gasteiger partial charge in [-0.2, -0.15) is 0 Å². The smallest absolute Gasteiger partial charge is 0.253 e. The SMILES string of the molecule is CN(C[C@]1(O)CCCN(c2cnccn2)C1)C(=O)c1ccc(CN2CCCC2)cc1. The van der Waals surface area contributed by atoms with Crippen molar-refractivity contribution in [2.75, 3.05) is 44.7 Å². The zero-order valence-electron chi connectivity index (χ0n) is 17.7. The molecule has 3 heterocycles. The highest BCUT2D eigenvalue weighted by Crippen LogP contribution is 2.25. The van der Waals surface area contributed by atoms with Gasteiger partial charge in [0.1, 0.15) is 5.82 Å². The lowest BCUT2D eigenvalue weighted by molar-refractivity contribution is -0.000145. The molecule has 7 heteroatoms. The number of aliphatic hydroxyl groups is 1. The third-order valence-electron chi connectivity index (χ3n) is 6.11. The maximum atomic E-state index is 12.9. The Hall–Kier alpha value is -2.51. The number of likely N-dealkylation sites (tertiary alicyclic amines) is 1. The number of likely N-dealkylation sites (N-methyl/N-ethyl adjacent to an activating group) is 1. The number of nitrogens with zero attached hydrogens (tertiary/aromatic N) is 5. The molecule has 0 spiro atoms. The molecular formula is C23H31N5O2. The van der Waals surface area contributed by atoms with Crippen LogP contribution in [0.15, 0.2) is 42.9 Å². The van der Waals surface area contributed by atoms with Gasteiger partial charge in [0, 0.05) is 44.6 Å². The van der Waals surface area contributed by atoms with Crippen molar-refractivity contribution in [3.8, 4) is 0 Å². The summed E-state index contributed by atoms with van der Waals surface area (Å²) in [7, 11) is 1.76. The van der Waals surface area contributed by atoms with E-state index < -0.39 is 5.60 Å². The van der Waals surface area contributed by atoms with Gasteiger partial charge >= 0.3 is 0 Å². The quantitative estimate of drug-likeness (QED) is 0.788. The van der Waals surface area contributed by atoms with E-state index in [1.54, 1.807) is 30.5 Å². The summed E-state index contributed by atoms with van der Waals surface area (Å²) in [5.41, 5.74) is 0.935. The van der Waals surface area contributed by atoms with Crippen LogP contribution in [0, 0.1) is 0 Å². The highest BCUT2D eigenvalue weighted by molar-refractivity contribution is 5.94. The summed E-state index contributed by atoms with van der Waals surface area (Å²) in [6.45, 7) is 4.83. The molecule has 2 aromatic rings. The van der Waals surface area contributed by atoms with E-state index in [9.17, 15) is 9.90 Å². The van der Waals surface area contributed by atoms with Crippen molar-refractivity contribution in [2.45, 2.75) is 37.8 Å². The number of hydrogen-bond donors (Lipinski definition) is 1. The number of anilines is 1. The standard InChI is InChI=1S/C23H31N5O2/c1-26(17-23(30)9-4-14-28(18-23)21-15-24-10-11-25-21)22(29)20-7-5-19(6-8-20)16-27-12-2-3-13-27/h5-8,10-11,15,30H,2-4,9,12-14,16-18H2,1H3/t23-/m1/s1. The number of aromatic nitrogens is 2. The summed E-state index contributed by atoms with van der Waals surface area (Å²) < 4.78 is 0. The molecule has 2 saturated heterocycles. The fourth-order valence-electron chi connectivity index (χ4n) is 4.58. The third-order valence-corrected chi connectivity index (χ3v) is 6.11. The van der Waals surface area contributed by atoms with Crippen molar-refractivity contribution in [1.82, 2.24) is 19.8 Å². The Kier molecular flexibility index (Phi) is 6.29. The average molecular weight is 410 g/mol. The molecule has 4 rings (SSSR count). The number of hydrogen-bond acceptors (Lipinski definition) is 6. The summed E-state index contributed by atoms with van der Waals surface area (Å²) >= 11 is 0. The van der Waals surface area contributed by atoms with Crippen LogP contribution >= 0.6 is 0 Å². The molecule has 0 saturated carbocycles. The zero-order valence-corrected chi connectivity index (χ0v) is 17.7. The van der Waals surface area contributed by atoms with Crippen molar-refractivity contribution in [3.63, 3.8) is 0 Å². The van der Waals surface area contributed by atoms with Crippen LogP contribution in [-0.2, 0) is 6.54 Å². The second-order valence-electron chi connectivity index (χ2n) is 8.65. The van der Waals surface area contributed by atoms with Gasteiger partial charge in [-0.05, 0) is 56.5 Å². The molecule has 0 bridgehead atoms. The molecule has 1 aromatic heterocycles. The highest BCUT2D eigenvalue weighted by Gasteiger charge is 2.36. The Bertz CT molecular complexity index is 838. The largest absolute Gasteiger partial charge is 0.386 e. The summed E-state index contributed by atoms with van der Waals surface area (Å²) in [6.07, 6.45) is 9.08. The molecule has 2 fully saturated rings. The maximum Gasteiger partial charge on any atom is 0.253 e. The van der Waals surface area contributed by atoms with Gasteiger partial charge in [0.05, 0.1) is 18.3 Å². The van der Waals surface area contributed by atoms with Crippen LogP contribution in [0.3, 0.4) is 0 Å². The predicted octanol–water partition coefficient (Wildman–Crippen LogP) is 2.18. The number of carbonyl (C=O) groups is 1. The van der Waals surface area contributed by atoms with Crippen LogP contribution in [0.25, 0.3) is 0 Å². The first-order chi connectivity index (χ1) is 14.5. The molecule has 2 aliphatic rings. The average Bonchev–Trinajstić information content (AvgIpc) is 3.27. The van der Waals surface area contributed by atoms with Crippen LogP contribution in [-0.4, -0.2) is 76.2 Å². The van der Waals surface area contributed by atoms with Gasteiger partial charge < -0.3 is 14.9 Å². The second-order valence-corrected chi connectivity index (χ2v) is 8.65. The van der Waals surface area contributed by atoms with E-state index >= 15 is 0 Å². The molecule has 0 radical (unpaired) electrons.